The van der Waals surface area contributed by atoms with Crippen LogP contribution < -0.4 is 20.1 Å². The molecular weight excluding hydrogens is 368 g/mol. The number of anilines is 1. The summed E-state index contributed by atoms with van der Waals surface area (Å²) in [5.74, 6) is 1.85. The third-order valence-electron chi connectivity index (χ3n) is 5.69. The number of hydrogen-bond donors (Lipinski definition) is 2. The Morgan fingerprint density at radius 3 is 2.46 bits per heavy atom. The SMILES string of the molecule is COc1ccc2c(c1)CCC[C@@H]2NC(=S)Nc1ccc(OC2CCCC2)cc1. The lowest BCUT2D eigenvalue weighted by molar-refractivity contribution is 0.210. The largest absolute Gasteiger partial charge is 0.497 e. The summed E-state index contributed by atoms with van der Waals surface area (Å²) in [6.07, 6.45) is 8.59. The van der Waals surface area contributed by atoms with E-state index in [0.29, 0.717) is 11.2 Å². The molecule has 1 atom stereocenters. The van der Waals surface area contributed by atoms with Gasteiger partial charge in [0.2, 0.25) is 0 Å². The zero-order valence-corrected chi connectivity index (χ0v) is 17.2. The number of methoxy groups -OCH3 is 1. The minimum absolute atomic E-state index is 0.236. The van der Waals surface area contributed by atoms with Crippen molar-refractivity contribution in [2.45, 2.75) is 57.1 Å². The Balaban J connectivity index is 1.34. The number of hydrogen-bond acceptors (Lipinski definition) is 3. The highest BCUT2D eigenvalue weighted by Gasteiger charge is 2.21. The summed E-state index contributed by atoms with van der Waals surface area (Å²) >= 11 is 5.56. The van der Waals surface area contributed by atoms with Gasteiger partial charge in [0, 0.05) is 5.69 Å². The monoisotopic (exact) mass is 396 g/mol. The van der Waals surface area contributed by atoms with E-state index in [0.717, 1.165) is 36.4 Å². The van der Waals surface area contributed by atoms with Gasteiger partial charge in [-0.1, -0.05) is 6.07 Å². The molecule has 0 bridgehead atoms. The molecule has 2 N–H and O–H groups in total. The van der Waals surface area contributed by atoms with Crippen LogP contribution in [0.3, 0.4) is 0 Å². The van der Waals surface area contributed by atoms with Crippen molar-refractivity contribution in [3.63, 3.8) is 0 Å². The lowest BCUT2D eigenvalue weighted by Crippen LogP contribution is -2.34. The highest BCUT2D eigenvalue weighted by atomic mass is 32.1. The average molecular weight is 397 g/mol. The average Bonchev–Trinajstić information content (AvgIpc) is 3.22. The number of nitrogens with one attached hydrogen (secondary N) is 2. The van der Waals surface area contributed by atoms with Crippen molar-refractivity contribution >= 4 is 23.0 Å². The van der Waals surface area contributed by atoms with Crippen LogP contribution in [0.15, 0.2) is 42.5 Å². The molecule has 0 aliphatic heterocycles. The van der Waals surface area contributed by atoms with Crippen molar-refractivity contribution in [3.05, 3.63) is 53.6 Å². The molecule has 0 saturated heterocycles. The van der Waals surface area contributed by atoms with Crippen molar-refractivity contribution in [2.75, 3.05) is 12.4 Å². The molecule has 5 heteroatoms. The van der Waals surface area contributed by atoms with Gasteiger partial charge in [0.1, 0.15) is 11.5 Å². The molecule has 4 rings (SSSR count). The maximum atomic E-state index is 6.03. The topological polar surface area (TPSA) is 42.5 Å². The van der Waals surface area contributed by atoms with Crippen LogP contribution >= 0.6 is 12.2 Å². The molecule has 0 heterocycles. The molecule has 1 saturated carbocycles. The Morgan fingerprint density at radius 2 is 1.71 bits per heavy atom. The number of benzene rings is 2. The van der Waals surface area contributed by atoms with E-state index in [1.54, 1.807) is 7.11 Å². The van der Waals surface area contributed by atoms with Gasteiger partial charge in [-0.3, -0.25) is 0 Å². The van der Waals surface area contributed by atoms with Crippen LogP contribution in [0.5, 0.6) is 11.5 Å². The molecule has 1 fully saturated rings. The molecule has 2 aliphatic carbocycles. The summed E-state index contributed by atoms with van der Waals surface area (Å²) in [4.78, 5) is 0. The Hall–Kier alpha value is -2.27. The van der Waals surface area contributed by atoms with Gasteiger partial charge < -0.3 is 20.1 Å². The summed E-state index contributed by atoms with van der Waals surface area (Å²) < 4.78 is 11.4. The molecule has 2 aromatic rings. The standard InChI is InChI=1S/C23H28N2O2S/c1-26-20-13-14-21-16(15-20)5-4-8-22(21)25-23(28)24-17-9-11-19(12-10-17)27-18-6-2-3-7-18/h9-15,18,22H,2-8H2,1H3,(H2,24,25,28)/t22-/m0/s1. The molecule has 0 radical (unpaired) electrons. The van der Waals surface area contributed by atoms with Gasteiger partial charge in [0.25, 0.3) is 0 Å². The fourth-order valence-electron chi connectivity index (χ4n) is 4.21. The second-order valence-electron chi connectivity index (χ2n) is 7.66. The third kappa shape index (κ3) is 4.58. The minimum Gasteiger partial charge on any atom is -0.497 e. The second kappa shape index (κ2) is 8.82. The Labute approximate surface area is 172 Å². The van der Waals surface area contributed by atoms with Crippen LogP contribution in [0.2, 0.25) is 0 Å². The zero-order chi connectivity index (χ0) is 19.3. The highest BCUT2D eigenvalue weighted by molar-refractivity contribution is 7.80. The second-order valence-corrected chi connectivity index (χ2v) is 8.06. The van der Waals surface area contributed by atoms with Crippen molar-refractivity contribution in [3.8, 4) is 11.5 Å². The Morgan fingerprint density at radius 1 is 0.964 bits per heavy atom. The minimum atomic E-state index is 0.236. The summed E-state index contributed by atoms with van der Waals surface area (Å²) in [6.45, 7) is 0. The summed E-state index contributed by atoms with van der Waals surface area (Å²) in [5, 5.41) is 7.44. The van der Waals surface area contributed by atoms with Crippen LogP contribution in [0.4, 0.5) is 5.69 Å². The third-order valence-corrected chi connectivity index (χ3v) is 5.91. The van der Waals surface area contributed by atoms with Crippen molar-refractivity contribution in [1.29, 1.82) is 0 Å². The van der Waals surface area contributed by atoms with Gasteiger partial charge in [0.05, 0.1) is 19.3 Å². The molecular formula is C23H28N2O2S. The van der Waals surface area contributed by atoms with Crippen LogP contribution in [0.25, 0.3) is 0 Å². The van der Waals surface area contributed by atoms with Gasteiger partial charge >= 0.3 is 0 Å². The summed E-state index contributed by atoms with van der Waals surface area (Å²) in [7, 11) is 1.71. The van der Waals surface area contributed by atoms with Crippen LogP contribution in [0.1, 0.15) is 55.7 Å². The first-order valence-corrected chi connectivity index (χ1v) is 10.6. The number of rotatable bonds is 5. The molecule has 0 amide bonds. The molecule has 148 valence electrons. The molecule has 0 spiro atoms. The normalized spacial score (nSPS) is 19.0. The van der Waals surface area contributed by atoms with E-state index >= 15 is 0 Å². The predicted molar refractivity (Wildman–Crippen MR) is 117 cm³/mol. The van der Waals surface area contributed by atoms with Gasteiger partial charge in [-0.25, -0.2) is 0 Å². The fourth-order valence-corrected chi connectivity index (χ4v) is 4.47. The molecule has 28 heavy (non-hydrogen) atoms. The number of fused-ring (bicyclic) bond motifs is 1. The lowest BCUT2D eigenvalue weighted by atomic mass is 9.87. The van der Waals surface area contributed by atoms with Gasteiger partial charge in [-0.05, 0) is 105 Å². The van der Waals surface area contributed by atoms with E-state index in [-0.39, 0.29) is 6.04 Å². The van der Waals surface area contributed by atoms with Crippen LogP contribution in [0, 0.1) is 0 Å². The van der Waals surface area contributed by atoms with E-state index in [2.05, 4.69) is 22.8 Å². The van der Waals surface area contributed by atoms with Crippen LogP contribution in [-0.2, 0) is 6.42 Å². The number of aryl methyl sites for hydroxylation is 1. The van der Waals surface area contributed by atoms with Gasteiger partial charge in [-0.2, -0.15) is 0 Å². The number of thiocarbonyl (C=S) groups is 1. The number of ether oxygens (including phenoxy) is 2. The van der Waals surface area contributed by atoms with E-state index in [9.17, 15) is 0 Å². The highest BCUT2D eigenvalue weighted by Crippen LogP contribution is 2.32. The van der Waals surface area contributed by atoms with Crippen molar-refractivity contribution < 1.29 is 9.47 Å². The maximum Gasteiger partial charge on any atom is 0.171 e. The van der Waals surface area contributed by atoms with Crippen LogP contribution in [-0.4, -0.2) is 18.3 Å². The van der Waals surface area contributed by atoms with E-state index in [4.69, 9.17) is 21.7 Å². The van der Waals surface area contributed by atoms with Crippen molar-refractivity contribution in [2.24, 2.45) is 0 Å². The molecule has 2 aromatic carbocycles. The predicted octanol–water partition coefficient (Wildman–Crippen LogP) is 5.38. The molecule has 0 unspecified atom stereocenters. The van der Waals surface area contributed by atoms with Gasteiger partial charge in [-0.15, -0.1) is 0 Å². The first-order chi connectivity index (χ1) is 13.7. The van der Waals surface area contributed by atoms with E-state index in [1.165, 1.54) is 36.8 Å². The zero-order valence-electron chi connectivity index (χ0n) is 16.4. The fraction of sp³-hybridized carbons (Fsp3) is 0.435. The summed E-state index contributed by atoms with van der Waals surface area (Å²) in [5.41, 5.74) is 3.64. The first-order valence-electron chi connectivity index (χ1n) is 10.2. The van der Waals surface area contributed by atoms with Gasteiger partial charge in [0.15, 0.2) is 5.11 Å². The maximum absolute atomic E-state index is 6.03. The smallest absolute Gasteiger partial charge is 0.171 e. The Bertz CT molecular complexity index is 816. The molecule has 4 nitrogen and oxygen atoms in total. The summed E-state index contributed by atoms with van der Waals surface area (Å²) in [6, 6.07) is 14.6. The quantitative estimate of drug-likeness (QED) is 0.664. The first kappa shape index (κ1) is 19.1. The Kier molecular flexibility index (Phi) is 6.01. The lowest BCUT2D eigenvalue weighted by Gasteiger charge is -2.28. The van der Waals surface area contributed by atoms with E-state index < -0.39 is 0 Å². The molecule has 0 aromatic heterocycles. The van der Waals surface area contributed by atoms with E-state index in [1.807, 2.05) is 30.3 Å². The van der Waals surface area contributed by atoms with Crippen molar-refractivity contribution in [1.82, 2.24) is 5.32 Å². The molecule has 2 aliphatic rings.